The van der Waals surface area contributed by atoms with E-state index in [1.54, 1.807) is 26.0 Å². The number of imide groups is 1. The van der Waals surface area contributed by atoms with Crippen molar-refractivity contribution in [1.29, 1.82) is 0 Å². The number of terminal acetylenes is 1. The Kier molecular flexibility index (Phi) is 7.54. The number of nitrogens with zero attached hydrogens (tertiary/aromatic N) is 1. The topological polar surface area (TPSA) is 82.1 Å². The van der Waals surface area contributed by atoms with E-state index >= 15 is 0 Å². The van der Waals surface area contributed by atoms with Gasteiger partial charge in [0.2, 0.25) is 0 Å². The van der Waals surface area contributed by atoms with E-state index in [0.717, 1.165) is 16.7 Å². The molecule has 0 aliphatic carbocycles. The van der Waals surface area contributed by atoms with Gasteiger partial charge in [-0.25, -0.2) is 0 Å². The Hall–Kier alpha value is -2.44. The molecule has 0 unspecified atom stereocenters. The Balaban J connectivity index is 2.25. The fourth-order valence-electron chi connectivity index (χ4n) is 2.26. The summed E-state index contributed by atoms with van der Waals surface area (Å²) in [5, 5.41) is -0.533. The SMILES string of the molecule is C#CCOc1cc(Br)c(/C=C2/SC(=O)N(CC(=O)OC(C)C)C2=O)cc1OC. The number of halogens is 1. The van der Waals surface area contributed by atoms with Crippen LogP contribution in [-0.2, 0) is 14.3 Å². The van der Waals surface area contributed by atoms with Crippen molar-refractivity contribution in [1.82, 2.24) is 4.90 Å². The minimum Gasteiger partial charge on any atom is -0.493 e. The van der Waals surface area contributed by atoms with Crippen LogP contribution in [0.5, 0.6) is 11.5 Å². The van der Waals surface area contributed by atoms with Crippen molar-refractivity contribution < 1.29 is 28.6 Å². The lowest BCUT2D eigenvalue weighted by molar-refractivity contribution is -0.149. The number of benzene rings is 1. The van der Waals surface area contributed by atoms with E-state index in [0.29, 0.717) is 21.5 Å². The van der Waals surface area contributed by atoms with Crippen LogP contribution in [0.15, 0.2) is 21.5 Å². The van der Waals surface area contributed by atoms with Crippen molar-refractivity contribution in [3.05, 3.63) is 27.1 Å². The third-order valence-electron chi connectivity index (χ3n) is 3.41. The van der Waals surface area contributed by atoms with Gasteiger partial charge in [-0.1, -0.05) is 21.9 Å². The van der Waals surface area contributed by atoms with Crippen LogP contribution in [-0.4, -0.2) is 48.4 Å². The van der Waals surface area contributed by atoms with Crippen LogP contribution in [0.2, 0.25) is 0 Å². The summed E-state index contributed by atoms with van der Waals surface area (Å²) in [5.41, 5.74) is 0.597. The van der Waals surface area contributed by atoms with E-state index in [4.69, 9.17) is 20.6 Å². The standard InChI is InChI=1S/C19H18BrNO6S/c1-5-6-26-15-9-13(20)12(7-14(15)25-4)8-16-18(23)21(19(24)28-16)10-17(22)27-11(2)3/h1,7-9,11H,6,10H2,2-4H3/b16-8+. The molecule has 148 valence electrons. The number of thioether (sulfide) groups is 1. The first-order valence-corrected chi connectivity index (χ1v) is 9.76. The molecule has 9 heteroatoms. The molecule has 0 N–H and O–H groups in total. The number of carbonyl (C=O) groups excluding carboxylic acids is 3. The first-order chi connectivity index (χ1) is 13.3. The molecule has 1 fully saturated rings. The second kappa shape index (κ2) is 9.66. The predicted molar refractivity (Wildman–Crippen MR) is 109 cm³/mol. The first-order valence-electron chi connectivity index (χ1n) is 8.15. The molecule has 1 heterocycles. The van der Waals surface area contributed by atoms with Crippen LogP contribution in [0, 0.1) is 12.3 Å². The summed E-state index contributed by atoms with van der Waals surface area (Å²) in [7, 11) is 1.48. The van der Waals surface area contributed by atoms with Crippen LogP contribution < -0.4 is 9.47 Å². The summed E-state index contributed by atoms with van der Waals surface area (Å²) in [6, 6.07) is 3.31. The molecule has 0 spiro atoms. The molecule has 1 aromatic carbocycles. The Morgan fingerprint density at radius 2 is 2.07 bits per heavy atom. The van der Waals surface area contributed by atoms with E-state index < -0.39 is 23.7 Å². The van der Waals surface area contributed by atoms with Crippen LogP contribution >= 0.6 is 27.7 Å². The number of esters is 1. The van der Waals surface area contributed by atoms with Crippen molar-refractivity contribution in [3.8, 4) is 23.8 Å². The zero-order valence-electron chi connectivity index (χ0n) is 15.5. The van der Waals surface area contributed by atoms with Crippen LogP contribution in [0.4, 0.5) is 4.79 Å². The van der Waals surface area contributed by atoms with Gasteiger partial charge in [-0.2, -0.15) is 0 Å². The molecule has 1 aliphatic rings. The summed E-state index contributed by atoms with van der Waals surface area (Å²) in [5.74, 6) is 2.03. The summed E-state index contributed by atoms with van der Waals surface area (Å²) < 4.78 is 16.3. The van der Waals surface area contributed by atoms with Crippen LogP contribution in [0.3, 0.4) is 0 Å². The van der Waals surface area contributed by atoms with Gasteiger partial charge in [0.15, 0.2) is 11.5 Å². The lowest BCUT2D eigenvalue weighted by atomic mass is 10.2. The maximum atomic E-state index is 12.5. The summed E-state index contributed by atoms with van der Waals surface area (Å²) in [6.45, 7) is 3.03. The second-order valence-corrected chi connectivity index (χ2v) is 7.67. The third-order valence-corrected chi connectivity index (χ3v) is 5.00. The van der Waals surface area contributed by atoms with Gasteiger partial charge in [0.1, 0.15) is 13.2 Å². The van der Waals surface area contributed by atoms with Gasteiger partial charge in [-0.3, -0.25) is 19.3 Å². The molecule has 0 atom stereocenters. The fraction of sp³-hybridized carbons (Fsp3) is 0.316. The monoisotopic (exact) mass is 467 g/mol. The number of hydrogen-bond donors (Lipinski definition) is 0. The molecule has 2 amide bonds. The lowest BCUT2D eigenvalue weighted by Gasteiger charge is -2.13. The number of ether oxygens (including phenoxy) is 3. The van der Waals surface area contributed by atoms with Crippen LogP contribution in [0.1, 0.15) is 19.4 Å². The minimum absolute atomic E-state index is 0.0769. The van der Waals surface area contributed by atoms with E-state index in [9.17, 15) is 14.4 Å². The number of hydrogen-bond acceptors (Lipinski definition) is 7. The van der Waals surface area contributed by atoms with E-state index in [2.05, 4.69) is 21.9 Å². The van der Waals surface area contributed by atoms with Gasteiger partial charge in [-0.05, 0) is 49.4 Å². The highest BCUT2D eigenvalue weighted by Crippen LogP contribution is 2.38. The average Bonchev–Trinajstić information content (AvgIpc) is 2.88. The first kappa shape index (κ1) is 21.9. The maximum absolute atomic E-state index is 12.5. The van der Waals surface area contributed by atoms with Gasteiger partial charge >= 0.3 is 5.97 Å². The highest BCUT2D eigenvalue weighted by molar-refractivity contribution is 9.10. The predicted octanol–water partition coefficient (Wildman–Crippen LogP) is 3.46. The van der Waals surface area contributed by atoms with Crippen molar-refractivity contribution in [2.24, 2.45) is 0 Å². The van der Waals surface area contributed by atoms with Crippen molar-refractivity contribution >= 4 is 50.9 Å². The molecule has 1 aliphatic heterocycles. The fourth-order valence-corrected chi connectivity index (χ4v) is 3.53. The minimum atomic E-state index is -0.642. The van der Waals surface area contributed by atoms with E-state index in [-0.39, 0.29) is 17.6 Å². The van der Waals surface area contributed by atoms with Gasteiger partial charge in [0.25, 0.3) is 11.1 Å². The molecule has 0 aromatic heterocycles. The molecule has 2 rings (SSSR count). The smallest absolute Gasteiger partial charge is 0.326 e. The Morgan fingerprint density at radius 3 is 2.68 bits per heavy atom. The van der Waals surface area contributed by atoms with Crippen molar-refractivity contribution in [2.75, 3.05) is 20.3 Å². The maximum Gasteiger partial charge on any atom is 0.326 e. The quantitative estimate of drug-likeness (QED) is 0.345. The summed E-state index contributed by atoms with van der Waals surface area (Å²) in [4.78, 5) is 37.5. The zero-order chi connectivity index (χ0) is 20.8. The molecule has 28 heavy (non-hydrogen) atoms. The molecule has 0 radical (unpaired) electrons. The second-order valence-electron chi connectivity index (χ2n) is 5.82. The van der Waals surface area contributed by atoms with Crippen molar-refractivity contribution in [2.45, 2.75) is 20.0 Å². The third kappa shape index (κ3) is 5.30. The Labute approximate surface area is 175 Å². The highest BCUT2D eigenvalue weighted by atomic mass is 79.9. The van der Waals surface area contributed by atoms with E-state index in [1.807, 2.05) is 0 Å². The van der Waals surface area contributed by atoms with Crippen molar-refractivity contribution in [3.63, 3.8) is 0 Å². The van der Waals surface area contributed by atoms with Gasteiger partial charge < -0.3 is 14.2 Å². The lowest BCUT2D eigenvalue weighted by Crippen LogP contribution is -2.35. The Morgan fingerprint density at radius 1 is 1.36 bits per heavy atom. The number of methoxy groups -OCH3 is 1. The number of carbonyl (C=O) groups is 3. The number of amides is 2. The molecule has 0 bridgehead atoms. The normalized spacial score (nSPS) is 15.1. The van der Waals surface area contributed by atoms with Gasteiger partial charge in [-0.15, -0.1) is 6.42 Å². The molecular formula is C19H18BrNO6S. The van der Waals surface area contributed by atoms with Gasteiger partial charge in [0.05, 0.1) is 18.1 Å². The van der Waals surface area contributed by atoms with Gasteiger partial charge in [0, 0.05) is 4.47 Å². The molecular weight excluding hydrogens is 450 g/mol. The van der Waals surface area contributed by atoms with E-state index in [1.165, 1.54) is 13.2 Å². The molecule has 1 aromatic rings. The largest absolute Gasteiger partial charge is 0.493 e. The molecule has 0 saturated carbocycles. The summed E-state index contributed by atoms with van der Waals surface area (Å²) >= 11 is 4.15. The summed E-state index contributed by atoms with van der Waals surface area (Å²) in [6.07, 6.45) is 6.41. The molecule has 7 nitrogen and oxygen atoms in total. The average molecular weight is 468 g/mol. The number of rotatable bonds is 7. The molecule has 1 saturated heterocycles. The highest BCUT2D eigenvalue weighted by Gasteiger charge is 2.37. The van der Waals surface area contributed by atoms with Crippen LogP contribution in [0.25, 0.3) is 6.08 Å². The Bertz CT molecular complexity index is 874. The zero-order valence-corrected chi connectivity index (χ0v) is 17.9.